The third-order valence-electron chi connectivity index (χ3n) is 3.47. The maximum absolute atomic E-state index is 11.7. The zero-order chi connectivity index (χ0) is 14.8. The standard InChI is InChI=1S/C18H20O2/c1-13(9-8-12-15-10-6-5-7-11-15)16-14(2)17(19)20-18(16,3)4/h5-11H,1,12H2,2-4H3/b9-8+. The lowest BCUT2D eigenvalue weighted by Gasteiger charge is -2.21. The van der Waals surface area contributed by atoms with Crippen molar-refractivity contribution in [1.82, 2.24) is 0 Å². The van der Waals surface area contributed by atoms with Gasteiger partial charge >= 0.3 is 5.97 Å². The van der Waals surface area contributed by atoms with Gasteiger partial charge in [0.25, 0.3) is 0 Å². The molecule has 0 spiro atoms. The van der Waals surface area contributed by atoms with Gasteiger partial charge in [0.1, 0.15) is 5.60 Å². The number of hydrogen-bond acceptors (Lipinski definition) is 2. The molecule has 0 fully saturated rings. The molecule has 104 valence electrons. The molecule has 0 amide bonds. The number of carbonyl (C=O) groups is 1. The van der Waals surface area contributed by atoms with E-state index >= 15 is 0 Å². The van der Waals surface area contributed by atoms with Gasteiger partial charge in [0, 0.05) is 11.1 Å². The predicted octanol–water partition coefficient (Wildman–Crippen LogP) is 3.99. The Labute approximate surface area is 120 Å². The van der Waals surface area contributed by atoms with E-state index in [0.29, 0.717) is 5.57 Å². The highest BCUT2D eigenvalue weighted by atomic mass is 16.6. The van der Waals surface area contributed by atoms with Crippen molar-refractivity contribution in [3.05, 3.63) is 71.3 Å². The van der Waals surface area contributed by atoms with Crippen LogP contribution in [0, 0.1) is 0 Å². The van der Waals surface area contributed by atoms with Gasteiger partial charge in [-0.3, -0.25) is 0 Å². The molecule has 1 aliphatic rings. The first-order valence-corrected chi connectivity index (χ1v) is 6.76. The highest BCUT2D eigenvalue weighted by Crippen LogP contribution is 2.36. The molecule has 1 heterocycles. The zero-order valence-corrected chi connectivity index (χ0v) is 12.3. The number of carbonyl (C=O) groups excluding carboxylic acids is 1. The van der Waals surface area contributed by atoms with Crippen LogP contribution in [0.2, 0.25) is 0 Å². The summed E-state index contributed by atoms with van der Waals surface area (Å²) in [6, 6.07) is 10.2. The highest BCUT2D eigenvalue weighted by Gasteiger charge is 2.38. The van der Waals surface area contributed by atoms with E-state index in [2.05, 4.69) is 24.8 Å². The smallest absolute Gasteiger partial charge is 0.335 e. The van der Waals surface area contributed by atoms with Crippen molar-refractivity contribution in [2.24, 2.45) is 0 Å². The minimum absolute atomic E-state index is 0.248. The van der Waals surface area contributed by atoms with Crippen molar-refractivity contribution in [2.75, 3.05) is 0 Å². The molecule has 0 atom stereocenters. The van der Waals surface area contributed by atoms with Crippen molar-refractivity contribution >= 4 is 5.97 Å². The third-order valence-corrected chi connectivity index (χ3v) is 3.47. The first-order valence-electron chi connectivity index (χ1n) is 6.76. The van der Waals surface area contributed by atoms with Crippen molar-refractivity contribution in [2.45, 2.75) is 32.8 Å². The molecule has 0 bridgehead atoms. The second kappa shape index (κ2) is 5.49. The fourth-order valence-corrected chi connectivity index (χ4v) is 2.58. The Kier molecular flexibility index (Phi) is 3.93. The van der Waals surface area contributed by atoms with E-state index in [1.54, 1.807) is 6.92 Å². The minimum Gasteiger partial charge on any atom is -0.451 e. The van der Waals surface area contributed by atoms with Gasteiger partial charge in [-0.25, -0.2) is 4.79 Å². The van der Waals surface area contributed by atoms with Crippen LogP contribution in [0.1, 0.15) is 26.3 Å². The van der Waals surface area contributed by atoms with Crippen molar-refractivity contribution < 1.29 is 9.53 Å². The number of allylic oxidation sites excluding steroid dienone is 2. The van der Waals surface area contributed by atoms with Crippen LogP contribution in [0.3, 0.4) is 0 Å². The zero-order valence-electron chi connectivity index (χ0n) is 12.3. The molecule has 1 aliphatic heterocycles. The fraction of sp³-hybridized carbons (Fsp3) is 0.278. The average Bonchev–Trinajstić information content (AvgIpc) is 2.59. The molecular weight excluding hydrogens is 248 g/mol. The van der Waals surface area contributed by atoms with Crippen LogP contribution in [0.5, 0.6) is 0 Å². The monoisotopic (exact) mass is 268 g/mol. The number of benzene rings is 1. The maximum atomic E-state index is 11.7. The van der Waals surface area contributed by atoms with E-state index in [1.807, 2.05) is 38.1 Å². The van der Waals surface area contributed by atoms with Crippen LogP contribution in [0.15, 0.2) is 65.8 Å². The number of ether oxygens (including phenoxy) is 1. The summed E-state index contributed by atoms with van der Waals surface area (Å²) < 4.78 is 5.35. The molecule has 0 N–H and O–H groups in total. The molecule has 0 radical (unpaired) electrons. The van der Waals surface area contributed by atoms with Gasteiger partial charge in [-0.05, 0) is 38.3 Å². The Morgan fingerprint density at radius 2 is 1.95 bits per heavy atom. The topological polar surface area (TPSA) is 26.3 Å². The first-order chi connectivity index (χ1) is 9.42. The predicted molar refractivity (Wildman–Crippen MR) is 81.3 cm³/mol. The van der Waals surface area contributed by atoms with Crippen LogP contribution in [0.4, 0.5) is 0 Å². The van der Waals surface area contributed by atoms with Crippen LogP contribution in [-0.2, 0) is 16.0 Å². The lowest BCUT2D eigenvalue weighted by atomic mass is 9.90. The van der Waals surface area contributed by atoms with E-state index in [4.69, 9.17) is 4.74 Å². The average molecular weight is 268 g/mol. The number of cyclic esters (lactones) is 1. The minimum atomic E-state index is -0.588. The van der Waals surface area contributed by atoms with Gasteiger partial charge in [0.05, 0.1) is 0 Å². The summed E-state index contributed by atoms with van der Waals surface area (Å²) in [6.07, 6.45) is 4.88. The molecule has 2 nitrogen and oxygen atoms in total. The van der Waals surface area contributed by atoms with Crippen LogP contribution in [-0.4, -0.2) is 11.6 Å². The molecule has 2 rings (SSSR count). The van der Waals surface area contributed by atoms with Crippen LogP contribution < -0.4 is 0 Å². The van der Waals surface area contributed by atoms with E-state index in [1.165, 1.54) is 5.56 Å². The second-order valence-electron chi connectivity index (χ2n) is 5.52. The number of rotatable bonds is 4. The molecule has 20 heavy (non-hydrogen) atoms. The Morgan fingerprint density at radius 1 is 1.30 bits per heavy atom. The summed E-state index contributed by atoms with van der Waals surface area (Å²) in [7, 11) is 0. The summed E-state index contributed by atoms with van der Waals surface area (Å²) in [5.41, 5.74) is 3.06. The molecule has 0 aliphatic carbocycles. The Hall–Kier alpha value is -2.09. The number of esters is 1. The lowest BCUT2D eigenvalue weighted by Crippen LogP contribution is -2.23. The molecule has 1 aromatic carbocycles. The summed E-state index contributed by atoms with van der Waals surface area (Å²) >= 11 is 0. The van der Waals surface area contributed by atoms with Gasteiger partial charge in [0.2, 0.25) is 0 Å². The molecule has 0 saturated heterocycles. The summed E-state index contributed by atoms with van der Waals surface area (Å²) in [5, 5.41) is 0. The van der Waals surface area contributed by atoms with Crippen molar-refractivity contribution in [1.29, 1.82) is 0 Å². The fourth-order valence-electron chi connectivity index (χ4n) is 2.58. The molecule has 0 aromatic heterocycles. The van der Waals surface area contributed by atoms with Crippen LogP contribution in [0.25, 0.3) is 0 Å². The highest BCUT2D eigenvalue weighted by molar-refractivity contribution is 5.93. The van der Waals surface area contributed by atoms with Gasteiger partial charge in [-0.15, -0.1) is 0 Å². The quantitative estimate of drug-likeness (QED) is 0.609. The Balaban J connectivity index is 2.11. The van der Waals surface area contributed by atoms with E-state index in [0.717, 1.165) is 17.6 Å². The maximum Gasteiger partial charge on any atom is 0.335 e. The first kappa shape index (κ1) is 14.3. The van der Waals surface area contributed by atoms with E-state index in [-0.39, 0.29) is 5.97 Å². The van der Waals surface area contributed by atoms with Gasteiger partial charge < -0.3 is 4.74 Å². The summed E-state index contributed by atoms with van der Waals surface area (Å²) in [4.78, 5) is 11.7. The van der Waals surface area contributed by atoms with Crippen molar-refractivity contribution in [3.8, 4) is 0 Å². The van der Waals surface area contributed by atoms with Gasteiger partial charge in [0.15, 0.2) is 0 Å². The van der Waals surface area contributed by atoms with Crippen LogP contribution >= 0.6 is 0 Å². The molecule has 1 aromatic rings. The molecule has 0 unspecified atom stereocenters. The SMILES string of the molecule is C=C(/C=C/Cc1ccccc1)C1=C(C)C(=O)OC1(C)C. The molecule has 0 saturated carbocycles. The third kappa shape index (κ3) is 2.90. The Bertz CT molecular complexity index is 589. The van der Waals surface area contributed by atoms with Crippen molar-refractivity contribution in [3.63, 3.8) is 0 Å². The molecule has 2 heteroatoms. The number of hydrogen-bond donors (Lipinski definition) is 0. The Morgan fingerprint density at radius 3 is 2.50 bits per heavy atom. The summed E-state index contributed by atoms with van der Waals surface area (Å²) in [5.74, 6) is -0.248. The summed E-state index contributed by atoms with van der Waals surface area (Å²) in [6.45, 7) is 9.66. The largest absolute Gasteiger partial charge is 0.451 e. The second-order valence-corrected chi connectivity index (χ2v) is 5.52. The van der Waals surface area contributed by atoms with Gasteiger partial charge in [-0.1, -0.05) is 49.1 Å². The van der Waals surface area contributed by atoms with E-state index in [9.17, 15) is 4.79 Å². The molecular formula is C18H20O2. The van der Waals surface area contributed by atoms with E-state index < -0.39 is 5.60 Å². The van der Waals surface area contributed by atoms with Gasteiger partial charge in [-0.2, -0.15) is 0 Å². The normalized spacial score (nSPS) is 17.6. The lowest BCUT2D eigenvalue weighted by molar-refractivity contribution is -0.144.